The van der Waals surface area contributed by atoms with Crippen LogP contribution in [0.15, 0.2) is 66.0 Å². The fourth-order valence-electron chi connectivity index (χ4n) is 4.46. The van der Waals surface area contributed by atoms with Gasteiger partial charge in [-0.1, -0.05) is 6.07 Å². The first-order valence-electron chi connectivity index (χ1n) is 13.7. The Bertz CT molecular complexity index is 1470. The van der Waals surface area contributed by atoms with E-state index in [2.05, 4.69) is 15.3 Å². The van der Waals surface area contributed by atoms with Crippen LogP contribution in [0.5, 0.6) is 0 Å². The number of aliphatic hydroxyl groups excluding tert-OH is 1. The lowest BCUT2D eigenvalue weighted by molar-refractivity contribution is -0.138. The second-order valence-electron chi connectivity index (χ2n) is 11.1. The summed E-state index contributed by atoms with van der Waals surface area (Å²) in [5, 5.41) is 22.7. The predicted octanol–water partition coefficient (Wildman–Crippen LogP) is 4.55. The quantitative estimate of drug-likeness (QED) is 0.225. The van der Waals surface area contributed by atoms with E-state index in [0.29, 0.717) is 11.8 Å². The van der Waals surface area contributed by atoms with E-state index in [1.807, 2.05) is 26.0 Å². The maximum Gasteiger partial charge on any atom is 0.416 e. The van der Waals surface area contributed by atoms with Crippen molar-refractivity contribution in [1.29, 1.82) is 0 Å². The molecule has 0 aliphatic carbocycles. The SMILES string of the molecule is CN(C[C@H](O)CNC(C)(C)CCCc1ccncc1)S(=O)(=O)c1cc(-c2ccc(CCC(=O)O)nc2)cc(C(F)(F)F)c1. The van der Waals surface area contributed by atoms with Crippen molar-refractivity contribution in [2.75, 3.05) is 20.1 Å². The third kappa shape index (κ3) is 10.4. The van der Waals surface area contributed by atoms with Crippen molar-refractivity contribution in [3.05, 3.63) is 77.9 Å². The van der Waals surface area contributed by atoms with E-state index in [0.717, 1.165) is 35.7 Å². The number of nitrogens with zero attached hydrogens (tertiary/aromatic N) is 3. The minimum absolute atomic E-state index is 0.0187. The number of likely N-dealkylation sites (N-methyl/N-ethyl adjacent to an activating group) is 1. The lowest BCUT2D eigenvalue weighted by atomic mass is 9.95. The van der Waals surface area contributed by atoms with Gasteiger partial charge in [0.25, 0.3) is 0 Å². The van der Waals surface area contributed by atoms with E-state index in [9.17, 15) is 31.5 Å². The molecule has 13 heteroatoms. The molecule has 3 rings (SSSR count). The molecule has 0 radical (unpaired) electrons. The monoisotopic (exact) mass is 622 g/mol. The summed E-state index contributed by atoms with van der Waals surface area (Å²) >= 11 is 0. The number of carbonyl (C=O) groups is 1. The first kappa shape index (κ1) is 34.1. The number of aliphatic hydroxyl groups is 1. The highest BCUT2D eigenvalue weighted by atomic mass is 32.2. The molecule has 2 heterocycles. The molecule has 0 saturated heterocycles. The van der Waals surface area contributed by atoms with Crippen LogP contribution in [0.2, 0.25) is 0 Å². The summed E-state index contributed by atoms with van der Waals surface area (Å²) in [6.07, 6.45) is 1.33. The van der Waals surface area contributed by atoms with E-state index in [-0.39, 0.29) is 42.6 Å². The van der Waals surface area contributed by atoms with Gasteiger partial charge in [0.1, 0.15) is 0 Å². The number of pyridine rings is 2. The first-order chi connectivity index (χ1) is 20.1. The highest BCUT2D eigenvalue weighted by Gasteiger charge is 2.34. The number of aliphatic carboxylic acids is 1. The molecule has 0 aliphatic heterocycles. The molecule has 3 N–H and O–H groups in total. The second-order valence-corrected chi connectivity index (χ2v) is 13.1. The number of aromatic nitrogens is 2. The highest BCUT2D eigenvalue weighted by Crippen LogP contribution is 2.35. The minimum Gasteiger partial charge on any atom is -0.481 e. The van der Waals surface area contributed by atoms with Gasteiger partial charge in [0.15, 0.2) is 0 Å². The van der Waals surface area contributed by atoms with Crippen LogP contribution in [0.4, 0.5) is 13.2 Å². The van der Waals surface area contributed by atoms with E-state index < -0.39 is 38.7 Å². The standard InChI is InChI=1S/C30H37F3N4O5S/c1-29(2,12-4-5-21-10-13-34-14-11-21)36-19-26(38)20-37(3)43(41,42)27-16-23(15-24(17-27)30(31,32)33)22-6-7-25(35-18-22)8-9-28(39)40/h6-7,10-11,13-18,26,36,38H,4-5,8-9,12,19-20H2,1-3H3,(H,39,40)/t26-/m1/s1. The molecule has 3 aromatic rings. The normalized spacial score (nSPS) is 13.3. The molecule has 0 amide bonds. The Morgan fingerprint density at radius 1 is 1.05 bits per heavy atom. The Morgan fingerprint density at radius 2 is 1.74 bits per heavy atom. The van der Waals surface area contributed by atoms with Crippen LogP contribution in [-0.4, -0.2) is 70.7 Å². The molecule has 0 unspecified atom stereocenters. The van der Waals surface area contributed by atoms with Gasteiger partial charge >= 0.3 is 12.1 Å². The van der Waals surface area contributed by atoms with Crippen LogP contribution < -0.4 is 5.32 Å². The molecule has 0 saturated carbocycles. The van der Waals surface area contributed by atoms with Crippen LogP contribution >= 0.6 is 0 Å². The largest absolute Gasteiger partial charge is 0.481 e. The molecule has 2 aromatic heterocycles. The number of carboxylic acids is 1. The third-order valence-electron chi connectivity index (χ3n) is 7.00. The van der Waals surface area contributed by atoms with Gasteiger partial charge in [-0.15, -0.1) is 0 Å². The van der Waals surface area contributed by atoms with Crippen molar-refractivity contribution in [1.82, 2.24) is 19.6 Å². The van der Waals surface area contributed by atoms with Gasteiger partial charge in [0.05, 0.1) is 23.0 Å². The number of benzene rings is 1. The molecule has 9 nitrogen and oxygen atoms in total. The molecule has 0 fully saturated rings. The number of hydrogen-bond donors (Lipinski definition) is 3. The maximum atomic E-state index is 13.8. The van der Waals surface area contributed by atoms with Gasteiger partial charge < -0.3 is 15.5 Å². The van der Waals surface area contributed by atoms with Crippen LogP contribution in [0.1, 0.15) is 49.9 Å². The summed E-state index contributed by atoms with van der Waals surface area (Å²) in [5.74, 6) is -1.01. The van der Waals surface area contributed by atoms with E-state index in [4.69, 9.17) is 5.11 Å². The highest BCUT2D eigenvalue weighted by molar-refractivity contribution is 7.89. The lowest BCUT2D eigenvalue weighted by Crippen LogP contribution is -2.46. The number of aryl methyl sites for hydroxylation is 2. The van der Waals surface area contributed by atoms with Gasteiger partial charge in [-0.2, -0.15) is 17.5 Å². The molecule has 0 spiro atoms. The molecule has 234 valence electrons. The maximum absolute atomic E-state index is 13.8. The smallest absolute Gasteiger partial charge is 0.416 e. The number of rotatable bonds is 15. The number of alkyl halides is 3. The Morgan fingerprint density at radius 3 is 2.35 bits per heavy atom. The van der Waals surface area contributed by atoms with Crippen molar-refractivity contribution in [3.63, 3.8) is 0 Å². The zero-order valence-electron chi connectivity index (χ0n) is 24.3. The van der Waals surface area contributed by atoms with Gasteiger partial charge in [0.2, 0.25) is 10.0 Å². The van der Waals surface area contributed by atoms with Gasteiger partial charge in [-0.25, -0.2) is 8.42 Å². The minimum atomic E-state index is -4.82. The average molecular weight is 623 g/mol. The Hall–Kier alpha value is -3.39. The van der Waals surface area contributed by atoms with Crippen molar-refractivity contribution < 1.29 is 36.6 Å². The van der Waals surface area contributed by atoms with E-state index in [1.165, 1.54) is 30.9 Å². The van der Waals surface area contributed by atoms with Gasteiger partial charge in [-0.3, -0.25) is 14.8 Å². The van der Waals surface area contributed by atoms with Gasteiger partial charge in [-0.05, 0) is 80.6 Å². The predicted molar refractivity (Wildman–Crippen MR) is 156 cm³/mol. The van der Waals surface area contributed by atoms with E-state index >= 15 is 0 Å². The fourth-order valence-corrected chi connectivity index (χ4v) is 5.74. The van der Waals surface area contributed by atoms with Gasteiger partial charge in [0, 0.05) is 61.9 Å². The Labute approximate surface area is 249 Å². The van der Waals surface area contributed by atoms with Crippen molar-refractivity contribution in [2.45, 2.75) is 68.7 Å². The van der Waals surface area contributed by atoms with Crippen LogP contribution in [0, 0.1) is 0 Å². The zero-order chi connectivity index (χ0) is 31.8. The second kappa shape index (κ2) is 14.4. The third-order valence-corrected chi connectivity index (χ3v) is 8.80. The number of nitrogens with one attached hydrogen (secondary N) is 1. The number of β-amino-alcohol motifs (C(OH)–C–C–N with tert-alkyl or cyclic N) is 1. The molecule has 0 aliphatic rings. The van der Waals surface area contributed by atoms with E-state index in [1.54, 1.807) is 12.4 Å². The number of halogens is 3. The number of sulfonamides is 1. The molecule has 43 heavy (non-hydrogen) atoms. The van der Waals surface area contributed by atoms with Crippen molar-refractivity contribution in [2.24, 2.45) is 0 Å². The topological polar surface area (TPSA) is 133 Å². The molecular weight excluding hydrogens is 585 g/mol. The molecule has 0 bridgehead atoms. The number of hydrogen-bond acceptors (Lipinski definition) is 7. The molecule has 1 atom stereocenters. The van der Waals surface area contributed by atoms with Crippen molar-refractivity contribution >= 4 is 16.0 Å². The summed E-state index contributed by atoms with van der Waals surface area (Å²) in [5.41, 5.74) is 0.320. The summed E-state index contributed by atoms with van der Waals surface area (Å²) in [4.78, 5) is 18.3. The summed E-state index contributed by atoms with van der Waals surface area (Å²) in [6.45, 7) is 3.69. The molecular formula is C30H37F3N4O5S. The lowest BCUT2D eigenvalue weighted by Gasteiger charge is -2.29. The van der Waals surface area contributed by atoms with Crippen LogP contribution in [-0.2, 0) is 33.8 Å². The Balaban J connectivity index is 1.69. The summed E-state index contributed by atoms with van der Waals surface area (Å²) in [7, 11) is -3.21. The summed E-state index contributed by atoms with van der Waals surface area (Å²) in [6, 6.07) is 9.39. The van der Waals surface area contributed by atoms with Crippen LogP contribution in [0.3, 0.4) is 0 Å². The van der Waals surface area contributed by atoms with Crippen LogP contribution in [0.25, 0.3) is 11.1 Å². The zero-order valence-corrected chi connectivity index (χ0v) is 25.1. The fraction of sp³-hybridized carbons (Fsp3) is 0.433. The van der Waals surface area contributed by atoms with Crippen molar-refractivity contribution in [3.8, 4) is 11.1 Å². The average Bonchev–Trinajstić information content (AvgIpc) is 2.95. The number of carboxylic acid groups (broad SMARTS) is 1. The Kier molecular flexibility index (Phi) is 11.4. The summed E-state index contributed by atoms with van der Waals surface area (Å²) < 4.78 is 68.9. The molecule has 1 aromatic carbocycles. The first-order valence-corrected chi connectivity index (χ1v) is 15.2.